The van der Waals surface area contributed by atoms with Crippen LogP contribution in [0.1, 0.15) is 21.9 Å². The molecule has 10 heteroatoms. The number of aromatic nitrogens is 5. The summed E-state index contributed by atoms with van der Waals surface area (Å²) < 4.78 is 8.68. The van der Waals surface area contributed by atoms with E-state index in [9.17, 15) is 14.9 Å². The van der Waals surface area contributed by atoms with Gasteiger partial charge in [-0.25, -0.2) is 14.2 Å². The van der Waals surface area contributed by atoms with Crippen molar-refractivity contribution in [1.82, 2.24) is 24.5 Å². The normalized spacial score (nSPS) is 10.7. The van der Waals surface area contributed by atoms with Gasteiger partial charge in [-0.2, -0.15) is 0 Å². The summed E-state index contributed by atoms with van der Waals surface area (Å²) in [4.78, 5) is 25.5. The highest BCUT2D eigenvalue weighted by atomic mass is 16.6. The van der Waals surface area contributed by atoms with Crippen LogP contribution in [-0.4, -0.2) is 35.8 Å². The Balaban J connectivity index is 1.61. The first-order valence-electron chi connectivity index (χ1n) is 7.81. The van der Waals surface area contributed by atoms with Crippen molar-refractivity contribution in [3.63, 3.8) is 0 Å². The second-order valence-electron chi connectivity index (χ2n) is 5.49. The maximum absolute atomic E-state index is 11.0. The molecular weight excluding hydrogens is 340 g/mol. The lowest BCUT2D eigenvalue weighted by Gasteiger charge is -2.05. The van der Waals surface area contributed by atoms with Gasteiger partial charge in [0.25, 0.3) is 0 Å². The Hall–Kier alpha value is -3.56. The van der Waals surface area contributed by atoms with E-state index in [4.69, 9.17) is 4.74 Å². The first-order chi connectivity index (χ1) is 12.6. The molecular formula is C16H16N6O4. The zero-order chi connectivity index (χ0) is 18.5. The van der Waals surface area contributed by atoms with Crippen LogP contribution in [0.25, 0.3) is 0 Å². The number of nitrogens with zero attached hydrogens (tertiary/aromatic N) is 6. The molecule has 0 atom stereocenters. The predicted octanol–water partition coefficient (Wildman–Crippen LogP) is 1.78. The van der Waals surface area contributed by atoms with Gasteiger partial charge in [-0.15, -0.1) is 5.10 Å². The minimum Gasteiger partial charge on any atom is -0.486 e. The van der Waals surface area contributed by atoms with Crippen molar-refractivity contribution in [2.75, 3.05) is 0 Å². The number of benzene rings is 1. The van der Waals surface area contributed by atoms with E-state index < -0.39 is 4.92 Å². The number of hydrogen-bond donors (Lipinski definition) is 0. The molecule has 3 rings (SSSR count). The standard InChI is InChI=1S/C16H16N6O4/c1-12-17-8-16(22(24)25)21(12)7-6-20-9-14(18-19-20)11-26-15-5-3-2-4-13(15)10-23/h2-5,8-10H,6-7,11H2,1H3. The number of nitro groups is 1. The summed E-state index contributed by atoms with van der Waals surface area (Å²) in [5, 5.41) is 19.0. The van der Waals surface area contributed by atoms with Gasteiger partial charge in [-0.3, -0.25) is 4.79 Å². The third kappa shape index (κ3) is 3.74. The number of carbonyl (C=O) groups excluding carboxylic acids is 1. The Morgan fingerprint density at radius 2 is 2.12 bits per heavy atom. The number of para-hydroxylation sites is 1. The summed E-state index contributed by atoms with van der Waals surface area (Å²) in [6.07, 6.45) is 3.66. The zero-order valence-electron chi connectivity index (χ0n) is 14.0. The molecule has 3 aromatic rings. The SMILES string of the molecule is Cc1ncc([N+](=O)[O-])n1CCn1cc(COc2ccccc2C=O)nn1. The number of aryl methyl sites for hydroxylation is 2. The van der Waals surface area contributed by atoms with Crippen molar-refractivity contribution in [1.29, 1.82) is 0 Å². The number of ether oxygens (including phenoxy) is 1. The molecule has 2 aromatic heterocycles. The molecule has 0 aliphatic heterocycles. The Labute approximate surface area is 148 Å². The molecule has 0 aliphatic rings. The number of imidazole rings is 1. The van der Waals surface area contributed by atoms with Gasteiger partial charge < -0.3 is 14.9 Å². The summed E-state index contributed by atoms with van der Waals surface area (Å²) in [6.45, 7) is 2.61. The zero-order valence-corrected chi connectivity index (χ0v) is 14.0. The fourth-order valence-corrected chi connectivity index (χ4v) is 2.46. The third-order valence-electron chi connectivity index (χ3n) is 3.78. The van der Waals surface area contributed by atoms with Gasteiger partial charge in [0.1, 0.15) is 30.8 Å². The number of hydrogen-bond acceptors (Lipinski definition) is 7. The topological polar surface area (TPSA) is 118 Å². The molecule has 26 heavy (non-hydrogen) atoms. The van der Waals surface area contributed by atoms with Crippen molar-refractivity contribution < 1.29 is 14.5 Å². The van der Waals surface area contributed by atoms with E-state index in [2.05, 4.69) is 15.3 Å². The van der Waals surface area contributed by atoms with Crippen LogP contribution < -0.4 is 4.74 Å². The van der Waals surface area contributed by atoms with Gasteiger partial charge in [0.2, 0.25) is 0 Å². The largest absolute Gasteiger partial charge is 0.486 e. The minimum absolute atomic E-state index is 0.0587. The first-order valence-corrected chi connectivity index (χ1v) is 7.81. The Morgan fingerprint density at radius 3 is 2.88 bits per heavy atom. The molecule has 0 amide bonds. The van der Waals surface area contributed by atoms with Crippen LogP contribution in [-0.2, 0) is 19.7 Å². The van der Waals surface area contributed by atoms with E-state index in [1.54, 1.807) is 42.1 Å². The fourth-order valence-electron chi connectivity index (χ4n) is 2.46. The average molecular weight is 356 g/mol. The van der Waals surface area contributed by atoms with Crippen molar-refractivity contribution >= 4 is 12.1 Å². The lowest BCUT2D eigenvalue weighted by Crippen LogP contribution is -2.11. The molecule has 0 unspecified atom stereocenters. The van der Waals surface area contributed by atoms with Crippen LogP contribution in [0.15, 0.2) is 36.7 Å². The predicted molar refractivity (Wildman–Crippen MR) is 89.8 cm³/mol. The quantitative estimate of drug-likeness (QED) is 0.343. The maximum Gasteiger partial charge on any atom is 0.342 e. The van der Waals surface area contributed by atoms with E-state index >= 15 is 0 Å². The maximum atomic E-state index is 11.0. The molecule has 2 heterocycles. The third-order valence-corrected chi connectivity index (χ3v) is 3.78. The number of carbonyl (C=O) groups is 1. The number of aldehydes is 1. The molecule has 1 aromatic carbocycles. The molecule has 0 spiro atoms. The van der Waals surface area contributed by atoms with E-state index in [-0.39, 0.29) is 12.4 Å². The Kier molecular flexibility index (Phi) is 5.02. The van der Waals surface area contributed by atoms with Gasteiger partial charge in [0.15, 0.2) is 12.1 Å². The van der Waals surface area contributed by atoms with Gasteiger partial charge in [0, 0.05) is 6.92 Å². The number of rotatable bonds is 8. The van der Waals surface area contributed by atoms with Crippen LogP contribution in [0.3, 0.4) is 0 Å². The second kappa shape index (κ2) is 7.55. The average Bonchev–Trinajstić information content (AvgIpc) is 3.24. The summed E-state index contributed by atoms with van der Waals surface area (Å²) in [5.41, 5.74) is 1.05. The molecule has 0 N–H and O–H groups in total. The lowest BCUT2D eigenvalue weighted by atomic mass is 10.2. The molecule has 0 radical (unpaired) electrons. The lowest BCUT2D eigenvalue weighted by molar-refractivity contribution is -0.392. The van der Waals surface area contributed by atoms with Gasteiger partial charge in [0.05, 0.1) is 18.3 Å². The molecule has 0 aliphatic carbocycles. The summed E-state index contributed by atoms with van der Waals surface area (Å²) >= 11 is 0. The van der Waals surface area contributed by atoms with Crippen molar-refractivity contribution in [2.45, 2.75) is 26.6 Å². The van der Waals surface area contributed by atoms with E-state index in [1.807, 2.05) is 0 Å². The fraction of sp³-hybridized carbons (Fsp3) is 0.250. The Morgan fingerprint density at radius 1 is 1.31 bits per heavy atom. The highest BCUT2D eigenvalue weighted by Gasteiger charge is 2.17. The Bertz CT molecular complexity index is 932. The summed E-state index contributed by atoms with van der Waals surface area (Å²) in [7, 11) is 0. The molecule has 0 saturated carbocycles. The van der Waals surface area contributed by atoms with Crippen LogP contribution in [0.5, 0.6) is 5.75 Å². The monoisotopic (exact) mass is 356 g/mol. The summed E-state index contributed by atoms with van der Waals surface area (Å²) in [6, 6.07) is 6.90. The first kappa shape index (κ1) is 17.3. The molecule has 0 bridgehead atoms. The van der Waals surface area contributed by atoms with Crippen LogP contribution in [0.4, 0.5) is 5.82 Å². The summed E-state index contributed by atoms with van der Waals surface area (Å²) in [5.74, 6) is 0.976. The highest BCUT2D eigenvalue weighted by Crippen LogP contribution is 2.17. The van der Waals surface area contributed by atoms with Gasteiger partial charge >= 0.3 is 5.82 Å². The van der Waals surface area contributed by atoms with Crippen molar-refractivity contribution in [3.05, 3.63) is 63.9 Å². The highest BCUT2D eigenvalue weighted by molar-refractivity contribution is 5.79. The van der Waals surface area contributed by atoms with E-state index in [1.165, 1.54) is 10.8 Å². The van der Waals surface area contributed by atoms with E-state index in [0.29, 0.717) is 35.9 Å². The van der Waals surface area contributed by atoms with Gasteiger partial charge in [-0.1, -0.05) is 17.3 Å². The van der Waals surface area contributed by atoms with Gasteiger partial charge in [-0.05, 0) is 17.1 Å². The molecule has 0 saturated heterocycles. The molecule has 10 nitrogen and oxygen atoms in total. The molecule has 0 fully saturated rings. The van der Waals surface area contributed by atoms with Crippen molar-refractivity contribution in [2.24, 2.45) is 0 Å². The van der Waals surface area contributed by atoms with Crippen molar-refractivity contribution in [3.8, 4) is 5.75 Å². The second-order valence-corrected chi connectivity index (χ2v) is 5.49. The smallest absolute Gasteiger partial charge is 0.342 e. The van der Waals surface area contributed by atoms with Crippen LogP contribution in [0, 0.1) is 17.0 Å². The van der Waals surface area contributed by atoms with Crippen LogP contribution >= 0.6 is 0 Å². The minimum atomic E-state index is -0.467. The van der Waals surface area contributed by atoms with E-state index in [0.717, 1.165) is 6.29 Å². The molecule has 134 valence electrons. The van der Waals surface area contributed by atoms with Crippen LogP contribution in [0.2, 0.25) is 0 Å².